The van der Waals surface area contributed by atoms with Crippen LogP contribution in [0.1, 0.15) is 55.6 Å². The molecule has 4 rings (SSSR count). The van der Waals surface area contributed by atoms with Gasteiger partial charge in [0.05, 0.1) is 5.56 Å². The van der Waals surface area contributed by atoms with Crippen molar-refractivity contribution >= 4 is 28.2 Å². The summed E-state index contributed by atoms with van der Waals surface area (Å²) in [5, 5.41) is 6.39. The van der Waals surface area contributed by atoms with E-state index in [0.717, 1.165) is 36.8 Å². The highest BCUT2D eigenvalue weighted by molar-refractivity contribution is 7.17. The number of carbonyl (C=O) groups excluding carboxylic acids is 2. The van der Waals surface area contributed by atoms with Crippen molar-refractivity contribution in [3.05, 3.63) is 87.3 Å². The van der Waals surface area contributed by atoms with Crippen LogP contribution in [-0.4, -0.2) is 18.9 Å². The Bertz CT molecular complexity index is 1050. The van der Waals surface area contributed by atoms with E-state index in [0.29, 0.717) is 22.0 Å². The molecule has 0 radical (unpaired) electrons. The number of benzene rings is 2. The van der Waals surface area contributed by atoms with Crippen molar-refractivity contribution in [2.75, 3.05) is 12.4 Å². The second kappa shape index (κ2) is 8.84. The molecule has 1 aliphatic carbocycles. The third kappa shape index (κ3) is 4.31. The lowest BCUT2D eigenvalue weighted by atomic mass is 9.88. The quantitative estimate of drug-likeness (QED) is 0.607. The fraction of sp³-hybridized carbons (Fsp3) is 0.280. The van der Waals surface area contributed by atoms with Gasteiger partial charge < -0.3 is 10.6 Å². The molecule has 5 heteroatoms. The summed E-state index contributed by atoms with van der Waals surface area (Å²) in [6, 6.07) is 17.9. The molecule has 0 bridgehead atoms. The molecule has 0 fully saturated rings. The number of carbonyl (C=O) groups is 2. The van der Waals surface area contributed by atoms with Gasteiger partial charge in [-0.2, -0.15) is 0 Å². The molecule has 1 aliphatic rings. The van der Waals surface area contributed by atoms with E-state index in [9.17, 15) is 9.59 Å². The fourth-order valence-corrected chi connectivity index (χ4v) is 5.39. The Morgan fingerprint density at radius 1 is 1.00 bits per heavy atom. The largest absolute Gasteiger partial charge is 0.355 e. The lowest BCUT2D eigenvalue weighted by Crippen LogP contribution is -2.22. The van der Waals surface area contributed by atoms with Gasteiger partial charge in [0, 0.05) is 17.5 Å². The van der Waals surface area contributed by atoms with Crippen molar-refractivity contribution in [2.45, 2.75) is 32.6 Å². The van der Waals surface area contributed by atoms with Crippen LogP contribution in [0, 0.1) is 5.92 Å². The van der Waals surface area contributed by atoms with Gasteiger partial charge in [-0.05, 0) is 60.4 Å². The first-order valence-electron chi connectivity index (χ1n) is 10.4. The maximum atomic E-state index is 12.9. The Labute approximate surface area is 181 Å². The van der Waals surface area contributed by atoms with E-state index in [2.05, 4.69) is 29.7 Å². The van der Waals surface area contributed by atoms with Gasteiger partial charge in [0.2, 0.25) is 0 Å². The second-order valence-corrected chi connectivity index (χ2v) is 9.05. The minimum Gasteiger partial charge on any atom is -0.355 e. The smallest absolute Gasteiger partial charge is 0.256 e. The summed E-state index contributed by atoms with van der Waals surface area (Å²) in [5.74, 6) is 0.294. The molecular formula is C25H26N2O2S. The number of nitrogens with one attached hydrogen (secondary N) is 2. The summed E-state index contributed by atoms with van der Waals surface area (Å²) < 4.78 is 0. The summed E-state index contributed by atoms with van der Waals surface area (Å²) in [6.07, 6.45) is 3.76. The van der Waals surface area contributed by atoms with Gasteiger partial charge in [0.25, 0.3) is 11.8 Å². The fourth-order valence-electron chi connectivity index (χ4n) is 3.98. The number of hydrogen-bond acceptors (Lipinski definition) is 3. The van der Waals surface area contributed by atoms with Crippen LogP contribution < -0.4 is 10.6 Å². The highest BCUT2D eigenvalue weighted by Crippen LogP contribution is 2.39. The van der Waals surface area contributed by atoms with Crippen LogP contribution in [-0.2, 0) is 19.3 Å². The predicted molar refractivity (Wildman–Crippen MR) is 123 cm³/mol. The van der Waals surface area contributed by atoms with Crippen molar-refractivity contribution < 1.29 is 9.59 Å². The SMILES string of the molecule is CNC(=O)c1c(NC(=O)c2ccc(Cc3ccccc3)cc2)sc2c1CC[C@H](C)C2. The topological polar surface area (TPSA) is 58.2 Å². The first-order chi connectivity index (χ1) is 14.5. The lowest BCUT2D eigenvalue weighted by Gasteiger charge is -2.18. The minimum absolute atomic E-state index is 0.129. The normalized spacial score (nSPS) is 15.3. The molecule has 2 N–H and O–H groups in total. The van der Waals surface area contributed by atoms with Crippen molar-refractivity contribution in [1.82, 2.24) is 5.32 Å². The number of anilines is 1. The van der Waals surface area contributed by atoms with E-state index in [1.165, 1.54) is 10.4 Å². The van der Waals surface area contributed by atoms with E-state index >= 15 is 0 Å². The molecule has 0 spiro atoms. The molecule has 0 saturated carbocycles. The van der Waals surface area contributed by atoms with Gasteiger partial charge in [0.1, 0.15) is 5.00 Å². The molecule has 2 amide bonds. The Kier molecular flexibility index (Phi) is 6.00. The highest BCUT2D eigenvalue weighted by Gasteiger charge is 2.28. The van der Waals surface area contributed by atoms with Crippen molar-refractivity contribution in [1.29, 1.82) is 0 Å². The van der Waals surface area contributed by atoms with E-state index in [4.69, 9.17) is 0 Å². The molecule has 2 aromatic carbocycles. The Hall–Kier alpha value is -2.92. The van der Waals surface area contributed by atoms with Crippen LogP contribution in [0.4, 0.5) is 5.00 Å². The van der Waals surface area contributed by atoms with E-state index in [-0.39, 0.29) is 11.8 Å². The zero-order valence-corrected chi connectivity index (χ0v) is 18.1. The monoisotopic (exact) mass is 418 g/mol. The third-order valence-corrected chi connectivity index (χ3v) is 6.83. The molecule has 3 aromatic rings. The van der Waals surface area contributed by atoms with E-state index in [1.807, 2.05) is 42.5 Å². The van der Waals surface area contributed by atoms with Crippen LogP contribution in [0.5, 0.6) is 0 Å². The van der Waals surface area contributed by atoms with Gasteiger partial charge in [0.15, 0.2) is 0 Å². The van der Waals surface area contributed by atoms with Crippen LogP contribution in [0.25, 0.3) is 0 Å². The summed E-state index contributed by atoms with van der Waals surface area (Å²) >= 11 is 1.54. The molecule has 0 aliphatic heterocycles. The first kappa shape index (κ1) is 20.4. The molecule has 154 valence electrons. The van der Waals surface area contributed by atoms with Crippen LogP contribution in [0.3, 0.4) is 0 Å². The van der Waals surface area contributed by atoms with Gasteiger partial charge in [-0.1, -0.05) is 49.4 Å². The van der Waals surface area contributed by atoms with E-state index in [1.54, 1.807) is 18.4 Å². The lowest BCUT2D eigenvalue weighted by molar-refractivity contribution is 0.0963. The third-order valence-electron chi connectivity index (χ3n) is 5.66. The molecule has 0 saturated heterocycles. The number of rotatable bonds is 5. The van der Waals surface area contributed by atoms with Crippen molar-refractivity contribution in [3.63, 3.8) is 0 Å². The van der Waals surface area contributed by atoms with Gasteiger partial charge in [-0.25, -0.2) is 0 Å². The molecule has 1 atom stereocenters. The predicted octanol–water partition coefficient (Wildman–Crippen LogP) is 5.08. The maximum Gasteiger partial charge on any atom is 0.256 e. The zero-order chi connectivity index (χ0) is 21.1. The zero-order valence-electron chi connectivity index (χ0n) is 17.3. The number of fused-ring (bicyclic) bond motifs is 1. The summed E-state index contributed by atoms with van der Waals surface area (Å²) in [7, 11) is 1.63. The summed E-state index contributed by atoms with van der Waals surface area (Å²) in [6.45, 7) is 2.23. The first-order valence-corrected chi connectivity index (χ1v) is 11.2. The van der Waals surface area contributed by atoms with Crippen LogP contribution >= 0.6 is 11.3 Å². The summed E-state index contributed by atoms with van der Waals surface area (Å²) in [5.41, 5.74) is 4.73. The summed E-state index contributed by atoms with van der Waals surface area (Å²) in [4.78, 5) is 26.6. The standard InChI is InChI=1S/C25H26N2O2S/c1-16-8-13-20-21(14-16)30-25(22(20)24(29)26-2)27-23(28)19-11-9-18(10-12-19)15-17-6-4-3-5-7-17/h3-7,9-12,16H,8,13-15H2,1-2H3,(H,26,29)(H,27,28)/t16-/m0/s1. The molecule has 4 nitrogen and oxygen atoms in total. The van der Waals surface area contributed by atoms with Gasteiger partial charge in [-0.15, -0.1) is 11.3 Å². The van der Waals surface area contributed by atoms with Crippen LogP contribution in [0.15, 0.2) is 54.6 Å². The molecular weight excluding hydrogens is 392 g/mol. The highest BCUT2D eigenvalue weighted by atomic mass is 32.1. The average molecular weight is 419 g/mol. The number of hydrogen-bond donors (Lipinski definition) is 2. The number of thiophene rings is 1. The van der Waals surface area contributed by atoms with Crippen LogP contribution in [0.2, 0.25) is 0 Å². The average Bonchev–Trinajstić information content (AvgIpc) is 3.11. The Morgan fingerprint density at radius 2 is 1.70 bits per heavy atom. The van der Waals surface area contributed by atoms with Gasteiger partial charge in [-0.3, -0.25) is 9.59 Å². The maximum absolute atomic E-state index is 12.9. The molecule has 30 heavy (non-hydrogen) atoms. The Morgan fingerprint density at radius 3 is 2.40 bits per heavy atom. The molecule has 0 unspecified atom stereocenters. The van der Waals surface area contributed by atoms with Gasteiger partial charge >= 0.3 is 0 Å². The molecule has 1 heterocycles. The second-order valence-electron chi connectivity index (χ2n) is 7.95. The number of amides is 2. The minimum atomic E-state index is -0.182. The molecule has 1 aromatic heterocycles. The van der Waals surface area contributed by atoms with Crippen molar-refractivity contribution in [2.24, 2.45) is 5.92 Å². The van der Waals surface area contributed by atoms with Crippen molar-refractivity contribution in [3.8, 4) is 0 Å². The Balaban J connectivity index is 1.53. The van der Waals surface area contributed by atoms with E-state index < -0.39 is 0 Å².